The van der Waals surface area contributed by atoms with Crippen LogP contribution in [0.1, 0.15) is 18.5 Å². The van der Waals surface area contributed by atoms with Gasteiger partial charge in [0.25, 0.3) is 0 Å². The molecule has 0 aliphatic rings. The minimum absolute atomic E-state index is 0.100. The summed E-state index contributed by atoms with van der Waals surface area (Å²) in [5.41, 5.74) is 0.135. The van der Waals surface area contributed by atoms with Crippen LogP contribution in [0.5, 0.6) is 0 Å². The predicted molar refractivity (Wildman–Crippen MR) is 72.9 cm³/mol. The molecule has 0 bridgehead atoms. The van der Waals surface area contributed by atoms with E-state index in [0.717, 1.165) is 6.07 Å². The summed E-state index contributed by atoms with van der Waals surface area (Å²) in [7, 11) is 0. The third-order valence-corrected chi connectivity index (χ3v) is 3.76. The Hall–Kier alpha value is -1.27. The van der Waals surface area contributed by atoms with Crippen molar-refractivity contribution in [3.63, 3.8) is 0 Å². The lowest BCUT2D eigenvalue weighted by Crippen LogP contribution is -2.38. The zero-order chi connectivity index (χ0) is 14.6. The number of carbonyl (C=O) groups excluding carboxylic acids is 1. The highest BCUT2D eigenvalue weighted by molar-refractivity contribution is 7.99. The summed E-state index contributed by atoms with van der Waals surface area (Å²) in [6.07, 6.45) is 1.74. The summed E-state index contributed by atoms with van der Waals surface area (Å²) < 4.78 is 13.3. The number of hydrogen-bond donors (Lipinski definition) is 2. The van der Waals surface area contributed by atoms with Gasteiger partial charge < -0.3 is 10.4 Å². The summed E-state index contributed by atoms with van der Waals surface area (Å²) in [6.45, 7) is 1.65. The Morgan fingerprint density at radius 3 is 2.58 bits per heavy atom. The van der Waals surface area contributed by atoms with Crippen LogP contribution < -0.4 is 5.32 Å². The number of carbonyl (C=O) groups is 2. The number of aliphatic carboxylic acids is 1. The summed E-state index contributed by atoms with van der Waals surface area (Å²) in [4.78, 5) is 22.9. The zero-order valence-electron chi connectivity index (χ0n) is 10.3. The van der Waals surface area contributed by atoms with Gasteiger partial charge in [0.05, 0.1) is 10.3 Å². The van der Waals surface area contributed by atoms with Gasteiger partial charge in [-0.1, -0.05) is 17.7 Å². The Balaban J connectivity index is 2.98. The fourth-order valence-corrected chi connectivity index (χ4v) is 1.75. The first kappa shape index (κ1) is 15.8. The Bertz CT molecular complexity index is 498. The zero-order valence-corrected chi connectivity index (χ0v) is 11.9. The average Bonchev–Trinajstić information content (AvgIpc) is 2.37. The molecule has 2 N–H and O–H groups in total. The first-order valence-electron chi connectivity index (χ1n) is 5.37. The Morgan fingerprint density at radius 2 is 2.11 bits per heavy atom. The van der Waals surface area contributed by atoms with Gasteiger partial charge >= 0.3 is 5.97 Å². The lowest BCUT2D eigenvalue weighted by Gasteiger charge is -2.17. The fourth-order valence-electron chi connectivity index (χ4n) is 1.35. The van der Waals surface area contributed by atoms with Crippen molar-refractivity contribution in [3.05, 3.63) is 34.6 Å². The van der Waals surface area contributed by atoms with Crippen LogP contribution in [0.2, 0.25) is 5.02 Å². The van der Waals surface area contributed by atoms with E-state index in [9.17, 15) is 14.0 Å². The van der Waals surface area contributed by atoms with Crippen LogP contribution in [0, 0.1) is 5.82 Å². The van der Waals surface area contributed by atoms with Crippen molar-refractivity contribution in [2.45, 2.75) is 18.2 Å². The smallest absolute Gasteiger partial charge is 0.330 e. The summed E-state index contributed by atoms with van der Waals surface area (Å²) >= 11 is 6.82. The van der Waals surface area contributed by atoms with Crippen molar-refractivity contribution in [1.29, 1.82) is 0 Å². The maximum absolute atomic E-state index is 13.3. The number of hydrogen-bond acceptors (Lipinski definition) is 3. The lowest BCUT2D eigenvalue weighted by atomic mass is 10.1. The monoisotopic (exact) mass is 305 g/mol. The Kier molecular flexibility index (Phi) is 5.62. The second-order valence-corrected chi connectivity index (χ2v) is 5.42. The van der Waals surface area contributed by atoms with E-state index in [2.05, 4.69) is 5.32 Å². The van der Waals surface area contributed by atoms with Crippen LogP contribution in [-0.2, 0) is 9.59 Å². The molecule has 0 fully saturated rings. The van der Waals surface area contributed by atoms with Crippen molar-refractivity contribution in [3.8, 4) is 0 Å². The number of carboxylic acids is 1. The van der Waals surface area contributed by atoms with Crippen molar-refractivity contribution >= 4 is 35.2 Å². The second kappa shape index (κ2) is 6.77. The van der Waals surface area contributed by atoms with Crippen LogP contribution in [0.4, 0.5) is 4.39 Å². The van der Waals surface area contributed by atoms with Gasteiger partial charge in [0.15, 0.2) is 6.04 Å². The molecule has 2 unspecified atom stereocenters. The molecule has 19 heavy (non-hydrogen) atoms. The van der Waals surface area contributed by atoms with Crippen LogP contribution in [0.15, 0.2) is 18.2 Å². The van der Waals surface area contributed by atoms with Gasteiger partial charge in [-0.2, -0.15) is 11.8 Å². The Morgan fingerprint density at radius 1 is 1.47 bits per heavy atom. The quantitative estimate of drug-likeness (QED) is 0.877. The van der Waals surface area contributed by atoms with E-state index in [1.54, 1.807) is 13.2 Å². The molecule has 1 aromatic rings. The molecule has 0 aromatic heterocycles. The summed E-state index contributed by atoms with van der Waals surface area (Å²) in [5, 5.41) is 11.0. The van der Waals surface area contributed by atoms with Gasteiger partial charge in [0, 0.05) is 0 Å². The fraction of sp³-hybridized carbons (Fsp3) is 0.333. The number of rotatable bonds is 5. The number of benzene rings is 1. The molecule has 1 rings (SSSR count). The minimum Gasteiger partial charge on any atom is -0.479 e. The van der Waals surface area contributed by atoms with E-state index >= 15 is 0 Å². The summed E-state index contributed by atoms with van der Waals surface area (Å²) in [6, 6.07) is 2.33. The molecule has 4 nitrogen and oxygen atoms in total. The van der Waals surface area contributed by atoms with E-state index < -0.39 is 23.7 Å². The maximum Gasteiger partial charge on any atom is 0.330 e. The molecule has 7 heteroatoms. The van der Waals surface area contributed by atoms with Gasteiger partial charge in [-0.3, -0.25) is 4.79 Å². The number of halogens is 2. The molecular formula is C12H13ClFNO3S. The number of thioether (sulfide) groups is 1. The van der Waals surface area contributed by atoms with Crippen LogP contribution >= 0.6 is 23.4 Å². The van der Waals surface area contributed by atoms with E-state index in [-0.39, 0.29) is 15.8 Å². The van der Waals surface area contributed by atoms with Gasteiger partial charge in [0.2, 0.25) is 5.91 Å². The molecule has 1 aromatic carbocycles. The van der Waals surface area contributed by atoms with Crippen LogP contribution in [0.25, 0.3) is 0 Å². The molecule has 104 valence electrons. The molecule has 0 heterocycles. The van der Waals surface area contributed by atoms with Crippen LogP contribution in [-0.4, -0.2) is 28.5 Å². The SMILES string of the molecule is CSC(C)C(=O)NC(C(=O)O)c1ccc(Cl)c(F)c1. The first-order chi connectivity index (χ1) is 8.86. The largest absolute Gasteiger partial charge is 0.479 e. The van der Waals surface area contributed by atoms with Crippen molar-refractivity contribution in [2.24, 2.45) is 0 Å². The molecule has 0 saturated heterocycles. The third-order valence-electron chi connectivity index (χ3n) is 2.53. The van der Waals surface area contributed by atoms with Crippen LogP contribution in [0.3, 0.4) is 0 Å². The second-order valence-electron chi connectivity index (χ2n) is 3.83. The first-order valence-corrected chi connectivity index (χ1v) is 7.04. The van der Waals surface area contributed by atoms with E-state index in [0.29, 0.717) is 0 Å². The van der Waals surface area contributed by atoms with Crippen molar-refractivity contribution in [2.75, 3.05) is 6.26 Å². The highest BCUT2D eigenvalue weighted by Gasteiger charge is 2.25. The van der Waals surface area contributed by atoms with E-state index in [4.69, 9.17) is 16.7 Å². The van der Waals surface area contributed by atoms with Gasteiger partial charge in [-0.05, 0) is 30.9 Å². The minimum atomic E-state index is -1.30. The number of amides is 1. The van der Waals surface area contributed by atoms with E-state index in [1.165, 1.54) is 23.9 Å². The van der Waals surface area contributed by atoms with Crippen molar-refractivity contribution in [1.82, 2.24) is 5.32 Å². The van der Waals surface area contributed by atoms with E-state index in [1.807, 2.05) is 0 Å². The van der Waals surface area contributed by atoms with Gasteiger partial charge in [-0.15, -0.1) is 0 Å². The summed E-state index contributed by atoms with van der Waals surface area (Å²) in [5.74, 6) is -2.41. The topological polar surface area (TPSA) is 66.4 Å². The molecule has 1 amide bonds. The normalized spacial score (nSPS) is 13.7. The predicted octanol–water partition coefficient (Wildman–Crippen LogP) is 2.47. The Labute approximate surface area is 119 Å². The molecular weight excluding hydrogens is 293 g/mol. The van der Waals surface area contributed by atoms with Crippen molar-refractivity contribution < 1.29 is 19.1 Å². The lowest BCUT2D eigenvalue weighted by molar-refractivity contribution is -0.141. The van der Waals surface area contributed by atoms with Gasteiger partial charge in [0.1, 0.15) is 5.82 Å². The highest BCUT2D eigenvalue weighted by atomic mass is 35.5. The average molecular weight is 306 g/mol. The third kappa shape index (κ3) is 4.11. The number of carboxylic acid groups (broad SMARTS) is 1. The number of nitrogens with one attached hydrogen (secondary N) is 1. The molecule has 0 aliphatic carbocycles. The van der Waals surface area contributed by atoms with Gasteiger partial charge in [-0.25, -0.2) is 9.18 Å². The molecule has 0 radical (unpaired) electrons. The highest BCUT2D eigenvalue weighted by Crippen LogP contribution is 2.21. The molecule has 0 spiro atoms. The molecule has 0 aliphatic heterocycles. The maximum atomic E-state index is 13.3. The standard InChI is InChI=1S/C12H13ClFNO3S/c1-6(19-2)11(16)15-10(12(17)18)7-3-4-8(13)9(14)5-7/h3-6,10H,1-2H3,(H,15,16)(H,17,18). The molecule has 0 saturated carbocycles. The molecule has 2 atom stereocenters.